The van der Waals surface area contributed by atoms with E-state index in [1.54, 1.807) is 12.1 Å². The molecule has 0 aliphatic carbocycles. The summed E-state index contributed by atoms with van der Waals surface area (Å²) in [6.07, 6.45) is 1.91. The Bertz CT molecular complexity index is 939. The van der Waals surface area contributed by atoms with Crippen molar-refractivity contribution in [3.05, 3.63) is 60.2 Å². The van der Waals surface area contributed by atoms with Crippen molar-refractivity contribution >= 4 is 27.5 Å². The molecule has 1 heterocycles. The normalized spacial score (nSPS) is 14.6. The Labute approximate surface area is 164 Å². The number of hydrogen-bond acceptors (Lipinski definition) is 4. The van der Waals surface area contributed by atoms with Crippen LogP contribution in [-0.4, -0.2) is 44.2 Å². The third-order valence-electron chi connectivity index (χ3n) is 4.47. The van der Waals surface area contributed by atoms with Crippen molar-refractivity contribution in [1.82, 2.24) is 9.62 Å². The van der Waals surface area contributed by atoms with Crippen LogP contribution in [0.2, 0.25) is 0 Å². The highest BCUT2D eigenvalue weighted by atomic mass is 32.2. The lowest BCUT2D eigenvalue weighted by molar-refractivity contribution is -0.123. The van der Waals surface area contributed by atoms with Crippen molar-refractivity contribution in [2.75, 3.05) is 25.0 Å². The minimum atomic E-state index is -3.55. The summed E-state index contributed by atoms with van der Waals surface area (Å²) in [5.41, 5.74) is 1.24. The van der Waals surface area contributed by atoms with Crippen LogP contribution in [0.15, 0.2) is 59.5 Å². The molecule has 1 aliphatic heterocycles. The van der Waals surface area contributed by atoms with Crippen LogP contribution >= 0.6 is 0 Å². The predicted octanol–water partition coefficient (Wildman–Crippen LogP) is 1.77. The van der Waals surface area contributed by atoms with Crippen molar-refractivity contribution in [1.29, 1.82) is 0 Å². The van der Waals surface area contributed by atoms with Crippen molar-refractivity contribution in [2.24, 2.45) is 0 Å². The number of hydrogen-bond donors (Lipinski definition) is 2. The van der Waals surface area contributed by atoms with Crippen LogP contribution in [0.3, 0.4) is 0 Å². The van der Waals surface area contributed by atoms with E-state index < -0.39 is 15.9 Å². The van der Waals surface area contributed by atoms with Gasteiger partial charge in [-0.2, -0.15) is 4.31 Å². The van der Waals surface area contributed by atoms with E-state index in [4.69, 9.17) is 0 Å². The summed E-state index contributed by atoms with van der Waals surface area (Å²) in [4.78, 5) is 24.2. The van der Waals surface area contributed by atoms with Crippen molar-refractivity contribution in [2.45, 2.75) is 24.2 Å². The van der Waals surface area contributed by atoms with Gasteiger partial charge >= 0.3 is 0 Å². The lowest BCUT2D eigenvalue weighted by Crippen LogP contribution is -2.33. The fourth-order valence-electron chi connectivity index (χ4n) is 3.04. The number of amides is 2. The smallest absolute Gasteiger partial charge is 0.243 e. The number of nitrogens with zero attached hydrogens (tertiary/aromatic N) is 1. The van der Waals surface area contributed by atoms with Gasteiger partial charge in [0.05, 0.1) is 17.9 Å². The molecule has 28 heavy (non-hydrogen) atoms. The van der Waals surface area contributed by atoms with E-state index in [1.165, 1.54) is 16.4 Å². The maximum absolute atomic E-state index is 12.6. The Morgan fingerprint density at radius 3 is 2.36 bits per heavy atom. The molecule has 2 amide bonds. The first kappa shape index (κ1) is 20.0. The topological polar surface area (TPSA) is 95.6 Å². The number of nitrogens with one attached hydrogen (secondary N) is 2. The highest BCUT2D eigenvalue weighted by Gasteiger charge is 2.27. The summed E-state index contributed by atoms with van der Waals surface area (Å²) in [5, 5.41) is 5.19. The zero-order valence-corrected chi connectivity index (χ0v) is 16.2. The lowest BCUT2D eigenvalue weighted by atomic mass is 10.1. The number of benzene rings is 2. The van der Waals surface area contributed by atoms with Gasteiger partial charge in [0.15, 0.2) is 0 Å². The molecule has 148 valence electrons. The Morgan fingerprint density at radius 2 is 1.64 bits per heavy atom. The molecule has 1 saturated heterocycles. The van der Waals surface area contributed by atoms with E-state index in [-0.39, 0.29) is 23.8 Å². The van der Waals surface area contributed by atoms with Gasteiger partial charge in [-0.05, 0) is 36.6 Å². The molecule has 0 aromatic heterocycles. The molecule has 2 N–H and O–H groups in total. The molecule has 1 fully saturated rings. The highest BCUT2D eigenvalue weighted by Crippen LogP contribution is 2.23. The second-order valence-electron chi connectivity index (χ2n) is 6.63. The zero-order chi connectivity index (χ0) is 20.0. The van der Waals surface area contributed by atoms with Crippen LogP contribution < -0.4 is 10.6 Å². The van der Waals surface area contributed by atoms with Crippen LogP contribution in [0.4, 0.5) is 5.69 Å². The molecule has 2 aromatic carbocycles. The second-order valence-corrected chi connectivity index (χ2v) is 8.56. The molecule has 8 heteroatoms. The summed E-state index contributed by atoms with van der Waals surface area (Å²) in [5.74, 6) is -0.677. The number of sulfonamides is 1. The van der Waals surface area contributed by atoms with Gasteiger partial charge in [-0.3, -0.25) is 9.59 Å². The van der Waals surface area contributed by atoms with Crippen LogP contribution in [0.1, 0.15) is 18.4 Å². The van der Waals surface area contributed by atoms with Gasteiger partial charge < -0.3 is 10.6 Å². The van der Waals surface area contributed by atoms with Gasteiger partial charge in [-0.1, -0.05) is 36.4 Å². The maximum Gasteiger partial charge on any atom is 0.243 e. The summed E-state index contributed by atoms with van der Waals surface area (Å²) >= 11 is 0. The van der Waals surface area contributed by atoms with Crippen LogP contribution in [0, 0.1) is 0 Å². The van der Waals surface area contributed by atoms with E-state index in [9.17, 15) is 18.0 Å². The molecule has 0 bridgehead atoms. The Kier molecular flexibility index (Phi) is 6.43. The SMILES string of the molecule is O=C(Cc1ccccc1)NCC(=O)Nc1cccc(S(=O)(=O)N2CCCC2)c1. The monoisotopic (exact) mass is 401 g/mol. The van der Waals surface area contributed by atoms with Crippen LogP contribution in [0.25, 0.3) is 0 Å². The number of carbonyl (C=O) groups is 2. The van der Waals surface area contributed by atoms with Gasteiger partial charge in [-0.25, -0.2) is 8.42 Å². The number of anilines is 1. The van der Waals surface area contributed by atoms with Gasteiger partial charge in [0, 0.05) is 18.8 Å². The molecule has 7 nitrogen and oxygen atoms in total. The standard InChI is InChI=1S/C20H23N3O4S/c24-19(13-16-7-2-1-3-8-16)21-15-20(25)22-17-9-6-10-18(14-17)28(26,27)23-11-4-5-12-23/h1-3,6-10,14H,4-5,11-13,15H2,(H,21,24)(H,22,25). The highest BCUT2D eigenvalue weighted by molar-refractivity contribution is 7.89. The summed E-state index contributed by atoms with van der Waals surface area (Å²) < 4.78 is 26.7. The largest absolute Gasteiger partial charge is 0.347 e. The fraction of sp³-hybridized carbons (Fsp3) is 0.300. The molecule has 0 atom stereocenters. The van der Waals surface area contributed by atoms with E-state index in [1.807, 2.05) is 30.3 Å². The average Bonchev–Trinajstić information content (AvgIpc) is 3.23. The van der Waals surface area contributed by atoms with Gasteiger partial charge in [0.2, 0.25) is 21.8 Å². The summed E-state index contributed by atoms with van der Waals surface area (Å²) in [6, 6.07) is 15.4. The van der Waals surface area contributed by atoms with Crippen LogP contribution in [-0.2, 0) is 26.0 Å². The predicted molar refractivity (Wildman–Crippen MR) is 106 cm³/mol. The van der Waals surface area contributed by atoms with Crippen LogP contribution in [0.5, 0.6) is 0 Å². The maximum atomic E-state index is 12.6. The third kappa shape index (κ3) is 5.17. The molecule has 0 spiro atoms. The molecule has 0 radical (unpaired) electrons. The minimum Gasteiger partial charge on any atom is -0.347 e. The minimum absolute atomic E-state index is 0.153. The molecule has 1 aliphatic rings. The van der Waals surface area contributed by atoms with Gasteiger partial charge in [-0.15, -0.1) is 0 Å². The van der Waals surface area contributed by atoms with Gasteiger partial charge in [0.1, 0.15) is 0 Å². The Hall–Kier alpha value is -2.71. The first-order valence-electron chi connectivity index (χ1n) is 9.16. The number of carbonyl (C=O) groups excluding carboxylic acids is 2. The molecular weight excluding hydrogens is 378 g/mol. The van der Waals surface area contributed by atoms with E-state index >= 15 is 0 Å². The molecule has 2 aromatic rings. The number of rotatable bonds is 7. The zero-order valence-electron chi connectivity index (χ0n) is 15.4. The van der Waals surface area contributed by atoms with E-state index in [0.29, 0.717) is 18.8 Å². The fourth-order valence-corrected chi connectivity index (χ4v) is 4.60. The van der Waals surface area contributed by atoms with Crippen molar-refractivity contribution < 1.29 is 18.0 Å². The Balaban J connectivity index is 1.55. The second kappa shape index (κ2) is 8.99. The lowest BCUT2D eigenvalue weighted by Gasteiger charge is -2.16. The van der Waals surface area contributed by atoms with E-state index in [2.05, 4.69) is 10.6 Å². The first-order chi connectivity index (χ1) is 13.4. The third-order valence-corrected chi connectivity index (χ3v) is 6.37. The molecule has 3 rings (SSSR count). The Morgan fingerprint density at radius 1 is 0.929 bits per heavy atom. The van der Waals surface area contributed by atoms with Crippen molar-refractivity contribution in [3.63, 3.8) is 0 Å². The summed E-state index contributed by atoms with van der Waals surface area (Å²) in [7, 11) is -3.55. The molecular formula is C20H23N3O4S. The van der Waals surface area contributed by atoms with E-state index in [0.717, 1.165) is 18.4 Å². The molecule has 0 unspecified atom stereocenters. The van der Waals surface area contributed by atoms with Crippen molar-refractivity contribution in [3.8, 4) is 0 Å². The summed E-state index contributed by atoms with van der Waals surface area (Å²) in [6.45, 7) is 0.855. The van der Waals surface area contributed by atoms with Gasteiger partial charge in [0.25, 0.3) is 0 Å². The quantitative estimate of drug-likeness (QED) is 0.739. The first-order valence-corrected chi connectivity index (χ1v) is 10.6. The average molecular weight is 401 g/mol. The molecule has 0 saturated carbocycles.